The summed E-state index contributed by atoms with van der Waals surface area (Å²) in [5.41, 5.74) is 6.93. The molecular formula is C10H12N4. The number of aromatic nitrogens is 1. The molecular weight excluding hydrogens is 176 g/mol. The van der Waals surface area contributed by atoms with Crippen molar-refractivity contribution in [3.8, 4) is 6.07 Å². The Balaban J connectivity index is 2.21. The summed E-state index contributed by atoms with van der Waals surface area (Å²) in [6, 6.07) is 4.32. The van der Waals surface area contributed by atoms with E-state index in [9.17, 15) is 0 Å². The van der Waals surface area contributed by atoms with Gasteiger partial charge in [0, 0.05) is 18.3 Å². The van der Waals surface area contributed by atoms with Crippen molar-refractivity contribution in [3.63, 3.8) is 0 Å². The highest BCUT2D eigenvalue weighted by molar-refractivity contribution is 5.61. The van der Waals surface area contributed by atoms with E-state index in [1.165, 1.54) is 25.5 Å². The van der Waals surface area contributed by atoms with Crippen molar-refractivity contribution in [2.45, 2.75) is 25.3 Å². The van der Waals surface area contributed by atoms with E-state index >= 15 is 0 Å². The normalized spacial score (nSPS) is 15.6. The second-order valence-corrected chi connectivity index (χ2v) is 3.54. The van der Waals surface area contributed by atoms with E-state index in [1.807, 2.05) is 0 Å². The fourth-order valence-electron chi connectivity index (χ4n) is 1.45. The molecule has 1 aromatic heterocycles. The third-order valence-corrected chi connectivity index (χ3v) is 2.51. The van der Waals surface area contributed by atoms with E-state index in [2.05, 4.69) is 16.4 Å². The van der Waals surface area contributed by atoms with Crippen LogP contribution in [0, 0.1) is 11.3 Å². The first kappa shape index (κ1) is 8.82. The van der Waals surface area contributed by atoms with Crippen molar-refractivity contribution in [1.29, 1.82) is 5.26 Å². The Morgan fingerprint density at radius 1 is 1.57 bits per heavy atom. The molecule has 1 fully saturated rings. The van der Waals surface area contributed by atoms with Crippen LogP contribution in [0.15, 0.2) is 12.3 Å². The topological polar surface area (TPSA) is 74.7 Å². The molecule has 4 heteroatoms. The molecule has 1 aliphatic rings. The summed E-state index contributed by atoms with van der Waals surface area (Å²) in [6.07, 6.45) is 5.12. The Morgan fingerprint density at radius 2 is 2.36 bits per heavy atom. The van der Waals surface area contributed by atoms with Gasteiger partial charge in [0.25, 0.3) is 0 Å². The molecule has 1 aromatic rings. The van der Waals surface area contributed by atoms with Gasteiger partial charge in [-0.15, -0.1) is 0 Å². The number of nitrogen functional groups attached to an aromatic ring is 1. The number of rotatable bonds is 2. The largest absolute Gasteiger partial charge is 0.384 e. The Bertz CT molecular complexity index is 376. The summed E-state index contributed by atoms with van der Waals surface area (Å²) >= 11 is 0. The summed E-state index contributed by atoms with van der Waals surface area (Å²) < 4.78 is 0. The number of anilines is 2. The highest BCUT2D eigenvalue weighted by Crippen LogP contribution is 2.25. The lowest BCUT2D eigenvalue weighted by Gasteiger charge is -2.27. The Morgan fingerprint density at radius 3 is 2.93 bits per heavy atom. The third kappa shape index (κ3) is 1.62. The molecule has 14 heavy (non-hydrogen) atoms. The van der Waals surface area contributed by atoms with Crippen molar-refractivity contribution in [2.24, 2.45) is 0 Å². The summed E-state index contributed by atoms with van der Waals surface area (Å²) in [7, 11) is 0. The maximum atomic E-state index is 8.84. The molecule has 0 atom stereocenters. The minimum atomic E-state index is 0.450. The lowest BCUT2D eigenvalue weighted by molar-refractivity contribution is 0.445. The maximum Gasteiger partial charge on any atom is 0.125 e. The Hall–Kier alpha value is -1.76. The number of nitriles is 1. The molecule has 0 bridgehead atoms. The van der Waals surface area contributed by atoms with Gasteiger partial charge in [0.2, 0.25) is 0 Å². The fourth-order valence-corrected chi connectivity index (χ4v) is 1.45. The van der Waals surface area contributed by atoms with Crippen LogP contribution in [0.25, 0.3) is 0 Å². The average molecular weight is 188 g/mol. The van der Waals surface area contributed by atoms with Gasteiger partial charge in [-0.1, -0.05) is 0 Å². The van der Waals surface area contributed by atoms with Crippen LogP contribution in [0.5, 0.6) is 0 Å². The lowest BCUT2D eigenvalue weighted by Crippen LogP contribution is -2.27. The van der Waals surface area contributed by atoms with E-state index in [0.29, 0.717) is 17.4 Å². The fraction of sp³-hybridized carbons (Fsp3) is 0.400. The first-order valence-electron chi connectivity index (χ1n) is 4.72. The highest BCUT2D eigenvalue weighted by Gasteiger charge is 2.18. The van der Waals surface area contributed by atoms with Gasteiger partial charge in [0.1, 0.15) is 11.9 Å². The number of nitrogens with one attached hydrogen (secondary N) is 1. The molecule has 0 radical (unpaired) electrons. The molecule has 1 saturated carbocycles. The van der Waals surface area contributed by atoms with Gasteiger partial charge in [0.15, 0.2) is 0 Å². The zero-order valence-electron chi connectivity index (χ0n) is 7.83. The summed E-state index contributed by atoms with van der Waals surface area (Å²) in [6.45, 7) is 0. The van der Waals surface area contributed by atoms with Gasteiger partial charge in [-0.2, -0.15) is 5.26 Å². The molecule has 3 N–H and O–H groups in total. The van der Waals surface area contributed by atoms with Crippen molar-refractivity contribution in [2.75, 3.05) is 11.1 Å². The Labute approximate surface area is 82.8 Å². The van der Waals surface area contributed by atoms with Gasteiger partial charge >= 0.3 is 0 Å². The number of nitrogens with zero attached hydrogens (tertiary/aromatic N) is 2. The number of hydrogen-bond acceptors (Lipinski definition) is 4. The smallest absolute Gasteiger partial charge is 0.125 e. The second kappa shape index (κ2) is 3.54. The van der Waals surface area contributed by atoms with Crippen LogP contribution in [0.4, 0.5) is 11.5 Å². The van der Waals surface area contributed by atoms with Gasteiger partial charge in [-0.25, -0.2) is 4.98 Å². The molecule has 0 saturated heterocycles. The standard InChI is InChI=1S/C10H12N4/c11-5-7-6-13-10(12)4-9(7)14-8-2-1-3-8/h4,6,8H,1-3H2,(H3,12,13,14). The van der Waals surface area contributed by atoms with E-state index in [0.717, 1.165) is 5.69 Å². The third-order valence-electron chi connectivity index (χ3n) is 2.51. The molecule has 0 amide bonds. The van der Waals surface area contributed by atoms with Gasteiger partial charge in [-0.3, -0.25) is 0 Å². The number of nitrogens with two attached hydrogens (primary N) is 1. The number of pyridine rings is 1. The quantitative estimate of drug-likeness (QED) is 0.737. The molecule has 72 valence electrons. The second-order valence-electron chi connectivity index (χ2n) is 3.54. The van der Waals surface area contributed by atoms with Crippen LogP contribution in [0.2, 0.25) is 0 Å². The first-order chi connectivity index (χ1) is 6.79. The van der Waals surface area contributed by atoms with Crippen LogP contribution in [0.1, 0.15) is 24.8 Å². The maximum absolute atomic E-state index is 8.84. The monoisotopic (exact) mass is 188 g/mol. The average Bonchev–Trinajstić information content (AvgIpc) is 2.12. The molecule has 2 rings (SSSR count). The summed E-state index contributed by atoms with van der Waals surface area (Å²) in [5.74, 6) is 0.450. The molecule has 0 spiro atoms. The molecule has 1 aliphatic carbocycles. The van der Waals surface area contributed by atoms with Crippen molar-refractivity contribution in [3.05, 3.63) is 17.8 Å². The van der Waals surface area contributed by atoms with Crippen molar-refractivity contribution >= 4 is 11.5 Å². The van der Waals surface area contributed by atoms with Crippen LogP contribution >= 0.6 is 0 Å². The molecule has 0 aromatic carbocycles. The van der Waals surface area contributed by atoms with Gasteiger partial charge < -0.3 is 11.1 Å². The highest BCUT2D eigenvalue weighted by atomic mass is 14.9. The zero-order valence-corrected chi connectivity index (χ0v) is 7.83. The van der Waals surface area contributed by atoms with E-state index in [1.54, 1.807) is 6.07 Å². The zero-order chi connectivity index (χ0) is 9.97. The van der Waals surface area contributed by atoms with Crippen LogP contribution in [-0.2, 0) is 0 Å². The molecule has 4 nitrogen and oxygen atoms in total. The van der Waals surface area contributed by atoms with E-state index < -0.39 is 0 Å². The van der Waals surface area contributed by atoms with Crippen LogP contribution in [0.3, 0.4) is 0 Å². The van der Waals surface area contributed by atoms with Crippen LogP contribution in [-0.4, -0.2) is 11.0 Å². The summed E-state index contributed by atoms with van der Waals surface area (Å²) in [4.78, 5) is 3.88. The SMILES string of the molecule is N#Cc1cnc(N)cc1NC1CCC1. The molecule has 1 heterocycles. The predicted octanol–water partition coefficient (Wildman–Crippen LogP) is 1.50. The van der Waals surface area contributed by atoms with E-state index in [-0.39, 0.29) is 0 Å². The predicted molar refractivity (Wildman–Crippen MR) is 54.6 cm³/mol. The Kier molecular flexibility index (Phi) is 2.23. The van der Waals surface area contributed by atoms with Crippen molar-refractivity contribution < 1.29 is 0 Å². The van der Waals surface area contributed by atoms with Crippen molar-refractivity contribution in [1.82, 2.24) is 4.98 Å². The first-order valence-corrected chi connectivity index (χ1v) is 4.72. The van der Waals surface area contributed by atoms with E-state index in [4.69, 9.17) is 11.0 Å². The minimum absolute atomic E-state index is 0.450. The molecule has 0 unspecified atom stereocenters. The van der Waals surface area contributed by atoms with Crippen LogP contribution < -0.4 is 11.1 Å². The lowest BCUT2D eigenvalue weighted by atomic mass is 9.93. The van der Waals surface area contributed by atoms with Gasteiger partial charge in [0.05, 0.1) is 11.3 Å². The molecule has 0 aliphatic heterocycles. The number of hydrogen-bond donors (Lipinski definition) is 2. The summed E-state index contributed by atoms with van der Waals surface area (Å²) in [5, 5.41) is 12.1. The minimum Gasteiger partial charge on any atom is -0.384 e. The van der Waals surface area contributed by atoms with Gasteiger partial charge in [-0.05, 0) is 19.3 Å².